The second kappa shape index (κ2) is 8.37. The van der Waals surface area contributed by atoms with Gasteiger partial charge in [0.15, 0.2) is 5.15 Å². The quantitative estimate of drug-likeness (QED) is 0.815. The van der Waals surface area contributed by atoms with Gasteiger partial charge in [0.2, 0.25) is 0 Å². The Kier molecular flexibility index (Phi) is 6.78. The van der Waals surface area contributed by atoms with Gasteiger partial charge in [0, 0.05) is 10.6 Å². The highest BCUT2D eigenvalue weighted by atomic mass is 35.5. The van der Waals surface area contributed by atoms with Crippen molar-refractivity contribution < 1.29 is 0 Å². The van der Waals surface area contributed by atoms with Gasteiger partial charge < -0.3 is 5.32 Å². The zero-order valence-electron chi connectivity index (χ0n) is 11.8. The van der Waals surface area contributed by atoms with Crippen molar-refractivity contribution in [2.24, 2.45) is 0 Å². The summed E-state index contributed by atoms with van der Waals surface area (Å²) in [5.74, 6) is 0.744. The van der Waals surface area contributed by atoms with Gasteiger partial charge in [-0.2, -0.15) is 5.10 Å². The lowest BCUT2D eigenvalue weighted by Crippen LogP contribution is -2.16. The van der Waals surface area contributed by atoms with E-state index in [1.54, 1.807) is 17.8 Å². The molecule has 1 aliphatic heterocycles. The van der Waals surface area contributed by atoms with Crippen LogP contribution in [0.1, 0.15) is 16.8 Å². The van der Waals surface area contributed by atoms with Crippen LogP contribution in [0.2, 0.25) is 10.2 Å². The van der Waals surface area contributed by atoms with Crippen LogP contribution in [0.3, 0.4) is 0 Å². The van der Waals surface area contributed by atoms with Crippen molar-refractivity contribution in [1.29, 1.82) is 0 Å². The predicted octanol–water partition coefficient (Wildman–Crippen LogP) is 4.19. The molecule has 0 bridgehead atoms. The van der Waals surface area contributed by atoms with E-state index < -0.39 is 0 Å². The fourth-order valence-electron chi connectivity index (χ4n) is 2.43. The van der Waals surface area contributed by atoms with Crippen LogP contribution in [0.5, 0.6) is 0 Å². The van der Waals surface area contributed by atoms with E-state index in [1.165, 1.54) is 16.0 Å². The number of aromatic nitrogens is 2. The fraction of sp³-hybridized carbons (Fsp3) is 0.333. The first-order chi connectivity index (χ1) is 10.2. The van der Waals surface area contributed by atoms with E-state index in [0.717, 1.165) is 42.4 Å². The molecule has 3 nitrogen and oxygen atoms in total. The van der Waals surface area contributed by atoms with Gasteiger partial charge in [-0.3, -0.25) is 0 Å². The maximum absolute atomic E-state index is 6.41. The Bertz CT molecular complexity index is 635. The van der Waals surface area contributed by atoms with Crippen LogP contribution in [-0.2, 0) is 18.6 Å². The van der Waals surface area contributed by atoms with E-state index >= 15 is 0 Å². The molecule has 0 saturated heterocycles. The van der Waals surface area contributed by atoms with E-state index in [2.05, 4.69) is 21.6 Å². The number of thioether (sulfide) groups is 1. The number of fused-ring (bicyclic) bond motifs is 1. The van der Waals surface area contributed by atoms with E-state index in [-0.39, 0.29) is 12.4 Å². The molecule has 118 valence electrons. The summed E-state index contributed by atoms with van der Waals surface area (Å²) in [6.07, 6.45) is 2.07. The monoisotopic (exact) mass is 375 g/mol. The molecule has 7 heteroatoms. The molecule has 0 atom stereocenters. The molecule has 3 rings (SSSR count). The standard InChI is InChI=1S/C15H15Cl2N3S.ClH/c16-13-3-1-10-5-7-18-8-6-12(10)15(13)21-9-11-2-4-14(17)20-19-11;/h1-4,18H,5-9H2;1H. The van der Waals surface area contributed by atoms with Crippen LogP contribution < -0.4 is 5.32 Å². The largest absolute Gasteiger partial charge is 0.316 e. The molecule has 0 unspecified atom stereocenters. The minimum absolute atomic E-state index is 0. The van der Waals surface area contributed by atoms with E-state index in [1.807, 2.05) is 12.1 Å². The first-order valence-corrected chi connectivity index (χ1v) is 8.60. The van der Waals surface area contributed by atoms with E-state index in [0.29, 0.717) is 5.15 Å². The fourth-order valence-corrected chi connectivity index (χ4v) is 3.93. The summed E-state index contributed by atoms with van der Waals surface area (Å²) in [6.45, 7) is 2.03. The van der Waals surface area contributed by atoms with E-state index in [4.69, 9.17) is 23.2 Å². The number of halogens is 3. The smallest absolute Gasteiger partial charge is 0.151 e. The molecule has 0 amide bonds. The Morgan fingerprint density at radius 2 is 1.86 bits per heavy atom. The summed E-state index contributed by atoms with van der Waals surface area (Å²) in [7, 11) is 0. The summed E-state index contributed by atoms with van der Waals surface area (Å²) in [6, 6.07) is 7.82. The van der Waals surface area contributed by atoms with Crippen molar-refractivity contribution in [2.45, 2.75) is 23.5 Å². The Morgan fingerprint density at radius 3 is 2.64 bits per heavy atom. The lowest BCUT2D eigenvalue weighted by atomic mass is 10.0. The molecule has 1 aliphatic rings. The summed E-state index contributed by atoms with van der Waals surface area (Å²) in [5.41, 5.74) is 3.68. The highest BCUT2D eigenvalue weighted by molar-refractivity contribution is 7.98. The average Bonchev–Trinajstić information content (AvgIpc) is 2.73. The number of rotatable bonds is 3. The van der Waals surface area contributed by atoms with Crippen LogP contribution in [0.4, 0.5) is 0 Å². The van der Waals surface area contributed by atoms with Crippen molar-refractivity contribution in [3.05, 3.63) is 51.3 Å². The zero-order valence-corrected chi connectivity index (χ0v) is 15.0. The molecule has 0 spiro atoms. The third kappa shape index (κ3) is 4.27. The third-order valence-electron chi connectivity index (χ3n) is 3.48. The molecule has 0 radical (unpaired) electrons. The molecule has 22 heavy (non-hydrogen) atoms. The van der Waals surface area contributed by atoms with Gasteiger partial charge in [-0.15, -0.1) is 29.3 Å². The molecule has 1 aromatic heterocycles. The molecule has 0 saturated carbocycles. The predicted molar refractivity (Wildman–Crippen MR) is 95.6 cm³/mol. The van der Waals surface area contributed by atoms with Gasteiger partial charge in [-0.05, 0) is 55.3 Å². The van der Waals surface area contributed by atoms with Crippen molar-refractivity contribution >= 4 is 47.4 Å². The van der Waals surface area contributed by atoms with Gasteiger partial charge in [0.25, 0.3) is 0 Å². The minimum atomic E-state index is 0. The lowest BCUT2D eigenvalue weighted by molar-refractivity contribution is 0.709. The van der Waals surface area contributed by atoms with Crippen LogP contribution in [0.25, 0.3) is 0 Å². The van der Waals surface area contributed by atoms with Gasteiger partial charge in [-0.1, -0.05) is 29.3 Å². The highest BCUT2D eigenvalue weighted by Gasteiger charge is 2.15. The summed E-state index contributed by atoms with van der Waals surface area (Å²) in [5, 5.41) is 12.6. The maximum Gasteiger partial charge on any atom is 0.151 e. The van der Waals surface area contributed by atoms with Gasteiger partial charge in [0.1, 0.15) is 0 Å². The molecule has 0 aliphatic carbocycles. The van der Waals surface area contributed by atoms with Crippen molar-refractivity contribution in [3.8, 4) is 0 Å². The normalized spacial score (nSPS) is 13.9. The Morgan fingerprint density at radius 1 is 1.05 bits per heavy atom. The maximum atomic E-state index is 6.41. The first kappa shape index (κ1) is 17.8. The van der Waals surface area contributed by atoms with E-state index in [9.17, 15) is 0 Å². The number of hydrogen-bond donors (Lipinski definition) is 1. The number of hydrogen-bond acceptors (Lipinski definition) is 4. The van der Waals surface area contributed by atoms with Gasteiger partial charge >= 0.3 is 0 Å². The second-order valence-corrected chi connectivity index (χ2v) is 6.68. The Hall–Kier alpha value is -0.520. The van der Waals surface area contributed by atoms with Crippen LogP contribution >= 0.6 is 47.4 Å². The average molecular weight is 377 g/mol. The molecule has 0 fully saturated rings. The lowest BCUT2D eigenvalue weighted by Gasteiger charge is -2.13. The minimum Gasteiger partial charge on any atom is -0.316 e. The third-order valence-corrected chi connectivity index (χ3v) is 5.31. The van der Waals surface area contributed by atoms with Crippen LogP contribution in [-0.4, -0.2) is 23.3 Å². The van der Waals surface area contributed by atoms with Crippen molar-refractivity contribution in [1.82, 2.24) is 15.5 Å². The van der Waals surface area contributed by atoms with Gasteiger partial charge in [-0.25, -0.2) is 0 Å². The summed E-state index contributed by atoms with van der Waals surface area (Å²) in [4.78, 5) is 1.18. The SMILES string of the molecule is Cl.Clc1ccc(CSc2c(Cl)ccc3c2CCNCC3)nn1. The highest BCUT2D eigenvalue weighted by Crippen LogP contribution is 2.35. The molecule has 1 N–H and O–H groups in total. The molecule has 1 aromatic carbocycles. The topological polar surface area (TPSA) is 37.8 Å². The van der Waals surface area contributed by atoms with Crippen LogP contribution in [0.15, 0.2) is 29.2 Å². The Balaban J connectivity index is 0.00000176. The van der Waals surface area contributed by atoms with Crippen molar-refractivity contribution in [2.75, 3.05) is 13.1 Å². The van der Waals surface area contributed by atoms with Crippen LogP contribution in [0, 0.1) is 0 Å². The van der Waals surface area contributed by atoms with Gasteiger partial charge in [0.05, 0.1) is 10.7 Å². The summed E-state index contributed by atoms with van der Waals surface area (Å²) < 4.78 is 0. The Labute approximate surface area is 150 Å². The molecular weight excluding hydrogens is 361 g/mol. The number of nitrogens with one attached hydrogen (secondary N) is 1. The number of benzene rings is 1. The number of nitrogens with zero attached hydrogens (tertiary/aromatic N) is 2. The summed E-state index contributed by atoms with van der Waals surface area (Å²) >= 11 is 13.9. The molecule has 2 heterocycles. The van der Waals surface area contributed by atoms with Crippen molar-refractivity contribution in [3.63, 3.8) is 0 Å². The second-order valence-electron chi connectivity index (χ2n) is 4.90. The molecule has 2 aromatic rings. The molecular formula is C15H16Cl3N3S. The first-order valence-electron chi connectivity index (χ1n) is 6.86. The zero-order chi connectivity index (χ0) is 14.7.